The van der Waals surface area contributed by atoms with Crippen molar-refractivity contribution in [2.24, 2.45) is 0 Å². The maximum Gasteiger partial charge on any atom is 0.264 e. The summed E-state index contributed by atoms with van der Waals surface area (Å²) in [5.74, 6) is 1.97. The van der Waals surface area contributed by atoms with Crippen LogP contribution in [0.15, 0.2) is 22.7 Å². The molecule has 5 heteroatoms. The summed E-state index contributed by atoms with van der Waals surface area (Å²) in [6, 6.07) is 3.80. The molecule has 0 saturated heterocycles. The lowest BCUT2D eigenvalue weighted by Gasteiger charge is -1.87. The first kappa shape index (κ1) is 8.37. The Bertz CT molecular complexity index is 368. The minimum absolute atomic E-state index is 0.550. The molecule has 0 bridgehead atoms. The standard InChI is InChI=1S/C8H9N3OS/c1-13-5-7-10-11-8(12-7)6-3-2-4-9-6/h2-4,9H,5H2,1H3. The summed E-state index contributed by atoms with van der Waals surface area (Å²) in [5.41, 5.74) is 0.861. The van der Waals surface area contributed by atoms with Crippen molar-refractivity contribution in [1.29, 1.82) is 0 Å². The summed E-state index contributed by atoms with van der Waals surface area (Å²) in [6.07, 6.45) is 3.83. The molecule has 2 aromatic heterocycles. The number of hydrogen-bond donors (Lipinski definition) is 1. The predicted molar refractivity (Wildman–Crippen MR) is 51.3 cm³/mol. The number of aromatic nitrogens is 3. The number of nitrogens with one attached hydrogen (secondary N) is 1. The number of rotatable bonds is 3. The van der Waals surface area contributed by atoms with Crippen LogP contribution in [0.3, 0.4) is 0 Å². The first-order valence-electron chi connectivity index (χ1n) is 3.85. The highest BCUT2D eigenvalue weighted by atomic mass is 32.2. The average molecular weight is 195 g/mol. The van der Waals surface area contributed by atoms with Crippen LogP contribution in [0.4, 0.5) is 0 Å². The fourth-order valence-electron chi connectivity index (χ4n) is 1.01. The van der Waals surface area contributed by atoms with Crippen LogP contribution < -0.4 is 0 Å². The van der Waals surface area contributed by atoms with Crippen LogP contribution >= 0.6 is 11.8 Å². The van der Waals surface area contributed by atoms with Gasteiger partial charge in [0.15, 0.2) is 0 Å². The molecule has 0 aliphatic heterocycles. The molecule has 2 aromatic rings. The van der Waals surface area contributed by atoms with Crippen LogP contribution in [0.5, 0.6) is 0 Å². The molecule has 0 aliphatic rings. The maximum atomic E-state index is 5.39. The Kier molecular flexibility index (Phi) is 2.35. The smallest absolute Gasteiger partial charge is 0.264 e. The molecule has 2 heterocycles. The van der Waals surface area contributed by atoms with E-state index in [4.69, 9.17) is 4.42 Å². The van der Waals surface area contributed by atoms with Crippen LogP contribution in [-0.2, 0) is 5.75 Å². The third-order valence-electron chi connectivity index (χ3n) is 1.56. The highest BCUT2D eigenvalue weighted by Gasteiger charge is 2.07. The van der Waals surface area contributed by atoms with Gasteiger partial charge in [0.05, 0.1) is 5.75 Å². The SMILES string of the molecule is CSCc1nnc(-c2ccc[nH]2)o1. The summed E-state index contributed by atoms with van der Waals surface area (Å²) in [5, 5.41) is 7.82. The van der Waals surface area contributed by atoms with Gasteiger partial charge < -0.3 is 9.40 Å². The topological polar surface area (TPSA) is 54.7 Å². The normalized spacial score (nSPS) is 10.5. The second-order valence-corrected chi connectivity index (χ2v) is 3.38. The van der Waals surface area contributed by atoms with Crippen LogP contribution in [0.25, 0.3) is 11.6 Å². The number of hydrogen-bond acceptors (Lipinski definition) is 4. The Balaban J connectivity index is 2.23. The molecule has 0 saturated carbocycles. The largest absolute Gasteiger partial charge is 0.418 e. The van der Waals surface area contributed by atoms with E-state index in [9.17, 15) is 0 Å². The molecule has 0 radical (unpaired) electrons. The van der Waals surface area contributed by atoms with E-state index in [2.05, 4.69) is 15.2 Å². The van der Waals surface area contributed by atoms with Crippen LogP contribution in [0.2, 0.25) is 0 Å². The summed E-state index contributed by atoms with van der Waals surface area (Å²) in [6.45, 7) is 0. The molecular weight excluding hydrogens is 186 g/mol. The molecule has 1 N–H and O–H groups in total. The molecule has 0 aromatic carbocycles. The average Bonchev–Trinajstić information content (AvgIpc) is 2.70. The van der Waals surface area contributed by atoms with E-state index in [-0.39, 0.29) is 0 Å². The first-order valence-corrected chi connectivity index (χ1v) is 5.24. The Morgan fingerprint density at radius 3 is 3.15 bits per heavy atom. The number of nitrogens with zero attached hydrogens (tertiary/aromatic N) is 2. The maximum absolute atomic E-state index is 5.39. The quantitative estimate of drug-likeness (QED) is 0.813. The van der Waals surface area contributed by atoms with E-state index in [0.29, 0.717) is 11.8 Å². The number of H-pyrrole nitrogens is 1. The van der Waals surface area contributed by atoms with Crippen molar-refractivity contribution in [2.45, 2.75) is 5.75 Å². The van der Waals surface area contributed by atoms with Gasteiger partial charge in [-0.2, -0.15) is 11.8 Å². The fraction of sp³-hybridized carbons (Fsp3) is 0.250. The van der Waals surface area contributed by atoms with Crippen LogP contribution in [0, 0.1) is 0 Å². The summed E-state index contributed by atoms with van der Waals surface area (Å²) in [7, 11) is 0. The number of aromatic amines is 1. The fourth-order valence-corrected chi connectivity index (χ4v) is 1.37. The lowest BCUT2D eigenvalue weighted by molar-refractivity contribution is 0.527. The van der Waals surface area contributed by atoms with E-state index in [1.165, 1.54) is 0 Å². The molecular formula is C8H9N3OS. The monoisotopic (exact) mass is 195 g/mol. The molecule has 0 unspecified atom stereocenters. The van der Waals surface area contributed by atoms with Gasteiger partial charge in [-0.15, -0.1) is 10.2 Å². The highest BCUT2D eigenvalue weighted by molar-refractivity contribution is 7.97. The van der Waals surface area contributed by atoms with Crippen molar-refractivity contribution in [3.8, 4) is 11.6 Å². The Morgan fingerprint density at radius 2 is 2.46 bits per heavy atom. The highest BCUT2D eigenvalue weighted by Crippen LogP contribution is 2.16. The van der Waals surface area contributed by atoms with E-state index in [0.717, 1.165) is 11.4 Å². The minimum atomic E-state index is 0.550. The van der Waals surface area contributed by atoms with Gasteiger partial charge in [-0.3, -0.25) is 0 Å². The van der Waals surface area contributed by atoms with Crippen molar-refractivity contribution in [3.05, 3.63) is 24.2 Å². The molecule has 0 fully saturated rings. The van der Waals surface area contributed by atoms with Gasteiger partial charge in [0.2, 0.25) is 5.89 Å². The van der Waals surface area contributed by atoms with E-state index < -0.39 is 0 Å². The van der Waals surface area contributed by atoms with Gasteiger partial charge >= 0.3 is 0 Å². The van der Waals surface area contributed by atoms with Crippen molar-refractivity contribution in [1.82, 2.24) is 15.2 Å². The zero-order chi connectivity index (χ0) is 9.10. The Hall–Kier alpha value is -1.23. The van der Waals surface area contributed by atoms with Gasteiger partial charge in [-0.25, -0.2) is 0 Å². The Morgan fingerprint density at radius 1 is 1.54 bits per heavy atom. The van der Waals surface area contributed by atoms with E-state index in [1.54, 1.807) is 11.8 Å². The second-order valence-electron chi connectivity index (χ2n) is 2.52. The second kappa shape index (κ2) is 3.66. The van der Waals surface area contributed by atoms with Crippen molar-refractivity contribution in [3.63, 3.8) is 0 Å². The minimum Gasteiger partial charge on any atom is -0.418 e. The van der Waals surface area contributed by atoms with Gasteiger partial charge in [-0.1, -0.05) is 0 Å². The molecule has 0 atom stereocenters. The van der Waals surface area contributed by atoms with Crippen LogP contribution in [0.1, 0.15) is 5.89 Å². The molecule has 2 rings (SSSR count). The molecule has 0 amide bonds. The summed E-state index contributed by atoms with van der Waals surface area (Å²) >= 11 is 1.66. The first-order chi connectivity index (χ1) is 6.40. The summed E-state index contributed by atoms with van der Waals surface area (Å²) in [4.78, 5) is 3.01. The van der Waals surface area contributed by atoms with Crippen molar-refractivity contribution < 1.29 is 4.42 Å². The summed E-state index contributed by atoms with van der Waals surface area (Å²) < 4.78 is 5.39. The molecule has 0 aliphatic carbocycles. The molecule has 68 valence electrons. The lowest BCUT2D eigenvalue weighted by atomic mass is 10.4. The number of thioether (sulfide) groups is 1. The van der Waals surface area contributed by atoms with E-state index in [1.807, 2.05) is 24.6 Å². The third kappa shape index (κ3) is 1.75. The van der Waals surface area contributed by atoms with E-state index >= 15 is 0 Å². The third-order valence-corrected chi connectivity index (χ3v) is 2.10. The predicted octanol–water partition coefficient (Wildman–Crippen LogP) is 1.93. The molecule has 0 spiro atoms. The van der Waals surface area contributed by atoms with Gasteiger partial charge in [0, 0.05) is 6.20 Å². The van der Waals surface area contributed by atoms with Crippen molar-refractivity contribution >= 4 is 11.8 Å². The molecule has 13 heavy (non-hydrogen) atoms. The lowest BCUT2D eigenvalue weighted by Crippen LogP contribution is -1.77. The van der Waals surface area contributed by atoms with Crippen molar-refractivity contribution in [2.75, 3.05) is 6.26 Å². The van der Waals surface area contributed by atoms with Gasteiger partial charge in [0.25, 0.3) is 5.89 Å². The Labute approximate surface area is 79.8 Å². The zero-order valence-electron chi connectivity index (χ0n) is 7.15. The van der Waals surface area contributed by atoms with Crippen LogP contribution in [-0.4, -0.2) is 21.4 Å². The van der Waals surface area contributed by atoms with Gasteiger partial charge in [-0.05, 0) is 18.4 Å². The zero-order valence-corrected chi connectivity index (χ0v) is 7.97. The molecule has 4 nitrogen and oxygen atoms in total. The van der Waals surface area contributed by atoms with Gasteiger partial charge in [0.1, 0.15) is 5.69 Å².